The van der Waals surface area contributed by atoms with Crippen LogP contribution < -0.4 is 22.1 Å². The summed E-state index contributed by atoms with van der Waals surface area (Å²) in [5, 5.41) is 22.4. The molecule has 28 heavy (non-hydrogen) atoms. The molecule has 0 saturated carbocycles. The second-order valence-electron chi connectivity index (χ2n) is 6.29. The average Bonchev–Trinajstić information content (AvgIpc) is 3.13. The van der Waals surface area contributed by atoms with Crippen LogP contribution in [-0.4, -0.2) is 87.8 Å². The fourth-order valence-electron chi connectivity index (χ4n) is 2.72. The molecule has 1 aliphatic heterocycles. The highest BCUT2D eigenvalue weighted by Gasteiger charge is 2.39. The van der Waals surface area contributed by atoms with Gasteiger partial charge in [0, 0.05) is 12.3 Å². The molecule has 8 N–H and O–H groups in total. The number of primary amides is 1. The molecule has 1 fully saturated rings. The number of nitrogens with zero attached hydrogens (tertiary/aromatic N) is 1. The number of thiol groups is 1. The van der Waals surface area contributed by atoms with Gasteiger partial charge in [-0.25, -0.2) is 4.79 Å². The summed E-state index contributed by atoms with van der Waals surface area (Å²) in [7, 11) is 0. The van der Waals surface area contributed by atoms with Crippen LogP contribution in [0.3, 0.4) is 0 Å². The molecule has 158 valence electrons. The van der Waals surface area contributed by atoms with Gasteiger partial charge in [-0.2, -0.15) is 12.6 Å². The second kappa shape index (κ2) is 10.8. The molecule has 1 aliphatic rings. The van der Waals surface area contributed by atoms with Crippen LogP contribution in [0.25, 0.3) is 0 Å². The number of likely N-dealkylation sites (tertiary alicyclic amines) is 1. The topological polar surface area (TPSA) is 205 Å². The van der Waals surface area contributed by atoms with Crippen LogP contribution >= 0.6 is 12.6 Å². The maximum absolute atomic E-state index is 12.8. The lowest BCUT2D eigenvalue weighted by atomic mass is 10.1. The van der Waals surface area contributed by atoms with Crippen LogP contribution in [0.5, 0.6) is 0 Å². The SMILES string of the molecule is NC(=O)CC(NC(=O)C(N)CS)C(=O)N1CCCC1C(=O)NC(CO)C(=O)O. The summed E-state index contributed by atoms with van der Waals surface area (Å²) in [5.41, 5.74) is 10.7. The fourth-order valence-corrected chi connectivity index (χ4v) is 2.89. The van der Waals surface area contributed by atoms with Gasteiger partial charge in [0.1, 0.15) is 18.1 Å². The van der Waals surface area contributed by atoms with Crippen LogP contribution in [0.15, 0.2) is 0 Å². The number of aliphatic hydroxyl groups is 1. The zero-order valence-electron chi connectivity index (χ0n) is 15.0. The van der Waals surface area contributed by atoms with E-state index in [9.17, 15) is 24.0 Å². The van der Waals surface area contributed by atoms with E-state index in [1.165, 1.54) is 0 Å². The molecule has 1 saturated heterocycles. The van der Waals surface area contributed by atoms with Crippen molar-refractivity contribution in [3.63, 3.8) is 0 Å². The lowest BCUT2D eigenvalue weighted by Crippen LogP contribution is -2.57. The highest BCUT2D eigenvalue weighted by Crippen LogP contribution is 2.19. The molecule has 0 spiro atoms. The molecule has 0 aromatic rings. The molecule has 4 amide bonds. The number of carboxylic acids is 1. The molecular weight excluding hydrogens is 394 g/mol. The average molecular weight is 419 g/mol. The fraction of sp³-hybridized carbons (Fsp3) is 0.667. The van der Waals surface area contributed by atoms with Crippen molar-refractivity contribution in [1.82, 2.24) is 15.5 Å². The quantitative estimate of drug-likeness (QED) is 0.174. The van der Waals surface area contributed by atoms with Gasteiger partial charge in [-0.1, -0.05) is 0 Å². The van der Waals surface area contributed by atoms with E-state index < -0.39 is 66.8 Å². The lowest BCUT2D eigenvalue weighted by molar-refractivity contribution is -0.146. The Kier molecular flexibility index (Phi) is 9.15. The third kappa shape index (κ3) is 6.35. The third-order valence-electron chi connectivity index (χ3n) is 4.19. The van der Waals surface area contributed by atoms with Gasteiger partial charge in [0.2, 0.25) is 23.6 Å². The van der Waals surface area contributed by atoms with E-state index in [0.717, 1.165) is 4.90 Å². The number of aliphatic carboxylic acids is 1. The minimum Gasteiger partial charge on any atom is -0.480 e. The predicted molar refractivity (Wildman–Crippen MR) is 99.0 cm³/mol. The summed E-state index contributed by atoms with van der Waals surface area (Å²) < 4.78 is 0. The van der Waals surface area contributed by atoms with E-state index in [1.54, 1.807) is 0 Å². The van der Waals surface area contributed by atoms with Gasteiger partial charge in [-0.3, -0.25) is 19.2 Å². The number of nitrogens with one attached hydrogen (secondary N) is 2. The van der Waals surface area contributed by atoms with Crippen molar-refractivity contribution in [2.24, 2.45) is 11.5 Å². The number of carboxylic acid groups (broad SMARTS) is 1. The minimum absolute atomic E-state index is 0.00972. The molecule has 0 radical (unpaired) electrons. The summed E-state index contributed by atoms with van der Waals surface area (Å²) in [6.07, 6.45) is 0.208. The van der Waals surface area contributed by atoms with Gasteiger partial charge in [0.15, 0.2) is 0 Å². The zero-order valence-corrected chi connectivity index (χ0v) is 15.9. The molecule has 0 aromatic heterocycles. The molecule has 1 heterocycles. The Morgan fingerprint density at radius 3 is 2.32 bits per heavy atom. The zero-order chi connectivity index (χ0) is 21.4. The number of aliphatic hydroxyl groups excluding tert-OH is 1. The van der Waals surface area contributed by atoms with Crippen LogP contribution in [0.2, 0.25) is 0 Å². The van der Waals surface area contributed by atoms with Crippen molar-refractivity contribution in [2.75, 3.05) is 18.9 Å². The number of amides is 4. The Bertz CT molecular complexity index is 632. The highest BCUT2D eigenvalue weighted by atomic mass is 32.1. The Morgan fingerprint density at radius 2 is 1.82 bits per heavy atom. The first-order valence-corrected chi connectivity index (χ1v) is 9.15. The van der Waals surface area contributed by atoms with Crippen molar-refractivity contribution in [3.05, 3.63) is 0 Å². The molecule has 13 heteroatoms. The summed E-state index contributed by atoms with van der Waals surface area (Å²) in [6.45, 7) is -0.652. The first-order chi connectivity index (χ1) is 13.1. The lowest BCUT2D eigenvalue weighted by Gasteiger charge is -2.29. The van der Waals surface area contributed by atoms with Crippen molar-refractivity contribution < 1.29 is 34.2 Å². The Morgan fingerprint density at radius 1 is 1.18 bits per heavy atom. The van der Waals surface area contributed by atoms with Crippen LogP contribution in [-0.2, 0) is 24.0 Å². The molecule has 0 aliphatic carbocycles. The second-order valence-corrected chi connectivity index (χ2v) is 6.66. The molecule has 4 unspecified atom stereocenters. The number of hydrogen-bond donors (Lipinski definition) is 7. The van der Waals surface area contributed by atoms with Gasteiger partial charge in [0.05, 0.1) is 19.1 Å². The highest BCUT2D eigenvalue weighted by molar-refractivity contribution is 7.80. The van der Waals surface area contributed by atoms with Crippen molar-refractivity contribution in [1.29, 1.82) is 0 Å². The minimum atomic E-state index is -1.51. The molecule has 4 atom stereocenters. The van der Waals surface area contributed by atoms with E-state index in [4.69, 9.17) is 21.7 Å². The maximum Gasteiger partial charge on any atom is 0.328 e. The molecule has 1 rings (SSSR count). The molecular formula is C15H25N5O7S. The Balaban J connectivity index is 2.93. The van der Waals surface area contributed by atoms with E-state index >= 15 is 0 Å². The Hall–Kier alpha value is -2.38. The molecule has 0 bridgehead atoms. The van der Waals surface area contributed by atoms with Gasteiger partial charge in [-0.05, 0) is 12.8 Å². The van der Waals surface area contributed by atoms with E-state index in [2.05, 4.69) is 23.3 Å². The number of carbonyl (C=O) groups excluding carboxylic acids is 4. The van der Waals surface area contributed by atoms with Crippen LogP contribution in [0, 0.1) is 0 Å². The van der Waals surface area contributed by atoms with E-state index in [0.29, 0.717) is 6.42 Å². The van der Waals surface area contributed by atoms with Gasteiger partial charge >= 0.3 is 5.97 Å². The largest absolute Gasteiger partial charge is 0.480 e. The van der Waals surface area contributed by atoms with Crippen LogP contribution in [0.1, 0.15) is 19.3 Å². The van der Waals surface area contributed by atoms with Gasteiger partial charge in [0.25, 0.3) is 0 Å². The van der Waals surface area contributed by atoms with E-state index in [-0.39, 0.29) is 18.7 Å². The molecule has 12 nitrogen and oxygen atoms in total. The van der Waals surface area contributed by atoms with Gasteiger partial charge < -0.3 is 37.2 Å². The first-order valence-electron chi connectivity index (χ1n) is 8.52. The standard InChI is InChI=1S/C15H25N5O7S/c16-7(6-28)12(23)18-8(4-11(17)22)14(25)20-3-1-2-10(20)13(24)19-9(5-21)15(26)27/h7-10,21,28H,1-6,16H2,(H2,17,22)(H,18,23)(H,19,24)(H,26,27). The van der Waals surface area contributed by atoms with Crippen molar-refractivity contribution in [3.8, 4) is 0 Å². The Labute approximate surface area is 166 Å². The summed E-state index contributed by atoms with van der Waals surface area (Å²) in [4.78, 5) is 60.6. The van der Waals surface area contributed by atoms with Gasteiger partial charge in [-0.15, -0.1) is 0 Å². The normalized spacial score (nSPS) is 19.4. The van der Waals surface area contributed by atoms with Crippen molar-refractivity contribution in [2.45, 2.75) is 43.4 Å². The van der Waals surface area contributed by atoms with Crippen LogP contribution in [0.4, 0.5) is 0 Å². The van der Waals surface area contributed by atoms with E-state index in [1.807, 2.05) is 0 Å². The number of carbonyl (C=O) groups is 5. The van der Waals surface area contributed by atoms with Crippen molar-refractivity contribution >= 4 is 42.2 Å². The third-order valence-corrected chi connectivity index (χ3v) is 4.58. The summed E-state index contributed by atoms with van der Waals surface area (Å²) >= 11 is 3.89. The number of hydrogen-bond acceptors (Lipinski definition) is 8. The first kappa shape index (κ1) is 23.7. The smallest absolute Gasteiger partial charge is 0.328 e. The molecule has 0 aromatic carbocycles. The summed E-state index contributed by atoms with van der Waals surface area (Å²) in [6, 6.07) is -4.85. The predicted octanol–water partition coefficient (Wildman–Crippen LogP) is -3.84. The summed E-state index contributed by atoms with van der Waals surface area (Å²) in [5.74, 6) is -4.44. The number of rotatable bonds is 10. The number of nitrogens with two attached hydrogens (primary N) is 2. The monoisotopic (exact) mass is 419 g/mol. The maximum atomic E-state index is 12.8.